The first-order chi connectivity index (χ1) is 11.3. The number of hydrogen-bond acceptors (Lipinski definition) is 6. The second-order valence-electron chi connectivity index (χ2n) is 5.22. The monoisotopic (exact) mass is 332 g/mol. The number of carbonyl (C=O) groups excluding carboxylic acids is 1. The van der Waals surface area contributed by atoms with E-state index in [1.807, 2.05) is 23.4 Å². The molecule has 0 bridgehead atoms. The number of H-pyrrole nitrogens is 1. The smallest absolute Gasteiger partial charge is 0.259 e. The summed E-state index contributed by atoms with van der Waals surface area (Å²) < 4.78 is 0. The first-order valence-electron chi connectivity index (χ1n) is 7.67. The lowest BCUT2D eigenvalue weighted by atomic mass is 10.3. The van der Waals surface area contributed by atoms with Gasteiger partial charge in [-0.3, -0.25) is 4.79 Å². The lowest BCUT2D eigenvalue weighted by Gasteiger charge is -2.25. The molecule has 1 amide bonds. The van der Waals surface area contributed by atoms with Crippen LogP contribution in [0.25, 0.3) is 11.0 Å². The summed E-state index contributed by atoms with van der Waals surface area (Å²) in [5, 5.41) is 3.90. The maximum atomic E-state index is 12.3. The predicted octanol–water partition coefficient (Wildman–Crippen LogP) is 1.21. The van der Waals surface area contributed by atoms with Crippen LogP contribution in [-0.2, 0) is 4.79 Å². The summed E-state index contributed by atoms with van der Waals surface area (Å²) in [6.45, 7) is 2.12. The molecule has 2 aromatic rings. The van der Waals surface area contributed by atoms with Crippen LogP contribution in [0, 0.1) is 0 Å². The van der Waals surface area contributed by atoms with Crippen LogP contribution < -0.4 is 16.0 Å². The number of nitrogens with one attached hydrogen (secondary N) is 2. The number of aromatic amines is 1. The van der Waals surface area contributed by atoms with Crippen LogP contribution in [0.4, 0.5) is 5.82 Å². The van der Waals surface area contributed by atoms with Crippen LogP contribution in [0.15, 0.2) is 29.7 Å². The van der Waals surface area contributed by atoms with Crippen LogP contribution in [0.1, 0.15) is 12.8 Å². The molecule has 23 heavy (non-hydrogen) atoms. The van der Waals surface area contributed by atoms with E-state index in [0.717, 1.165) is 42.0 Å². The Morgan fingerprint density at radius 3 is 3.22 bits per heavy atom. The standard InChI is InChI=1S/C15H20N6OS/c16-4-1-2-5-18-15(22)12-9-21(7-8-23-12)14-11-3-6-17-13(11)19-10-20-14/h3,6,9-10H,1-2,4-5,7-8,16H2,(H,18,22)(H,17,19,20). The van der Waals surface area contributed by atoms with Gasteiger partial charge in [-0.2, -0.15) is 0 Å². The van der Waals surface area contributed by atoms with Gasteiger partial charge in [0.2, 0.25) is 0 Å². The van der Waals surface area contributed by atoms with Crippen molar-refractivity contribution < 1.29 is 4.79 Å². The highest BCUT2D eigenvalue weighted by Crippen LogP contribution is 2.28. The van der Waals surface area contributed by atoms with Gasteiger partial charge >= 0.3 is 0 Å². The van der Waals surface area contributed by atoms with Gasteiger partial charge in [-0.1, -0.05) is 0 Å². The number of hydrogen-bond donors (Lipinski definition) is 3. The Balaban J connectivity index is 1.74. The average Bonchev–Trinajstić information content (AvgIpc) is 3.07. The molecule has 1 aliphatic rings. The van der Waals surface area contributed by atoms with Crippen molar-refractivity contribution in [3.63, 3.8) is 0 Å². The van der Waals surface area contributed by atoms with Gasteiger partial charge < -0.3 is 20.9 Å². The Bertz CT molecular complexity index is 713. The van der Waals surface area contributed by atoms with E-state index in [9.17, 15) is 4.79 Å². The molecular formula is C15H20N6OS. The van der Waals surface area contributed by atoms with Crippen molar-refractivity contribution in [3.05, 3.63) is 29.7 Å². The summed E-state index contributed by atoms with van der Waals surface area (Å²) >= 11 is 1.57. The van der Waals surface area contributed by atoms with Crippen molar-refractivity contribution in [1.29, 1.82) is 0 Å². The van der Waals surface area contributed by atoms with E-state index in [1.165, 1.54) is 6.33 Å². The third-order valence-corrected chi connectivity index (χ3v) is 4.60. The van der Waals surface area contributed by atoms with Gasteiger partial charge in [-0.25, -0.2) is 9.97 Å². The van der Waals surface area contributed by atoms with Crippen LogP contribution in [-0.4, -0.2) is 46.2 Å². The van der Waals surface area contributed by atoms with E-state index in [2.05, 4.69) is 20.3 Å². The van der Waals surface area contributed by atoms with E-state index >= 15 is 0 Å². The number of amides is 1. The molecule has 3 rings (SSSR count). The van der Waals surface area contributed by atoms with Crippen LogP contribution in [0.3, 0.4) is 0 Å². The molecule has 0 fully saturated rings. The van der Waals surface area contributed by atoms with Crippen molar-refractivity contribution in [1.82, 2.24) is 20.3 Å². The molecular weight excluding hydrogens is 312 g/mol. The highest BCUT2D eigenvalue weighted by molar-refractivity contribution is 8.04. The van der Waals surface area contributed by atoms with Gasteiger partial charge in [-0.15, -0.1) is 11.8 Å². The molecule has 122 valence electrons. The summed E-state index contributed by atoms with van der Waals surface area (Å²) in [6.07, 6.45) is 7.08. The van der Waals surface area contributed by atoms with Crippen molar-refractivity contribution in [2.75, 3.05) is 30.3 Å². The summed E-state index contributed by atoms with van der Waals surface area (Å²) in [4.78, 5) is 26.6. The van der Waals surface area contributed by atoms with Crippen molar-refractivity contribution in [3.8, 4) is 0 Å². The molecule has 0 aromatic carbocycles. The Kier molecular flexibility index (Phi) is 5.14. The Morgan fingerprint density at radius 1 is 1.43 bits per heavy atom. The zero-order valence-corrected chi connectivity index (χ0v) is 13.6. The number of nitrogens with two attached hydrogens (primary N) is 1. The average molecular weight is 332 g/mol. The van der Waals surface area contributed by atoms with E-state index in [0.29, 0.717) is 18.0 Å². The first-order valence-corrected chi connectivity index (χ1v) is 8.66. The molecule has 0 unspecified atom stereocenters. The number of nitrogens with zero attached hydrogens (tertiary/aromatic N) is 3. The maximum Gasteiger partial charge on any atom is 0.259 e. The SMILES string of the molecule is NCCCCNC(=O)C1=CN(c2ncnc3[nH]ccc23)CCS1. The molecule has 4 N–H and O–H groups in total. The predicted molar refractivity (Wildman–Crippen MR) is 93.1 cm³/mol. The molecule has 8 heteroatoms. The number of fused-ring (bicyclic) bond motifs is 1. The minimum absolute atomic E-state index is 0.0314. The highest BCUT2D eigenvalue weighted by atomic mass is 32.2. The van der Waals surface area contributed by atoms with E-state index in [-0.39, 0.29) is 5.91 Å². The number of anilines is 1. The zero-order valence-electron chi connectivity index (χ0n) is 12.8. The lowest BCUT2D eigenvalue weighted by Crippen LogP contribution is -2.31. The largest absolute Gasteiger partial charge is 0.352 e. The summed E-state index contributed by atoms with van der Waals surface area (Å²) in [6, 6.07) is 1.95. The molecule has 0 radical (unpaired) electrons. The normalized spacial score (nSPS) is 14.8. The molecule has 3 heterocycles. The van der Waals surface area contributed by atoms with E-state index in [4.69, 9.17) is 5.73 Å². The topological polar surface area (TPSA) is 99.9 Å². The summed E-state index contributed by atoms with van der Waals surface area (Å²) in [5.74, 6) is 1.64. The number of unbranched alkanes of at least 4 members (excludes halogenated alkanes) is 1. The van der Waals surface area contributed by atoms with Crippen molar-refractivity contribution in [2.24, 2.45) is 5.73 Å². The van der Waals surface area contributed by atoms with Crippen LogP contribution in [0.5, 0.6) is 0 Å². The van der Waals surface area contributed by atoms with Crippen molar-refractivity contribution in [2.45, 2.75) is 12.8 Å². The molecule has 0 saturated heterocycles. The second-order valence-corrected chi connectivity index (χ2v) is 6.36. The Morgan fingerprint density at radius 2 is 2.35 bits per heavy atom. The minimum atomic E-state index is -0.0314. The number of rotatable bonds is 6. The quantitative estimate of drug-likeness (QED) is 0.688. The van der Waals surface area contributed by atoms with Gasteiger partial charge in [0.25, 0.3) is 5.91 Å². The Labute approximate surface area is 138 Å². The zero-order chi connectivity index (χ0) is 16.1. The molecule has 2 aromatic heterocycles. The van der Waals surface area contributed by atoms with Gasteiger partial charge in [0, 0.05) is 31.2 Å². The fourth-order valence-corrected chi connectivity index (χ4v) is 3.35. The third-order valence-electron chi connectivity index (χ3n) is 3.61. The fourth-order valence-electron chi connectivity index (χ4n) is 2.43. The number of carbonyl (C=O) groups is 1. The molecule has 0 atom stereocenters. The molecule has 0 saturated carbocycles. The van der Waals surface area contributed by atoms with Gasteiger partial charge in [-0.05, 0) is 25.5 Å². The fraction of sp³-hybridized carbons (Fsp3) is 0.400. The van der Waals surface area contributed by atoms with E-state index < -0.39 is 0 Å². The molecule has 0 spiro atoms. The minimum Gasteiger partial charge on any atom is -0.352 e. The van der Waals surface area contributed by atoms with E-state index in [1.54, 1.807) is 11.8 Å². The van der Waals surface area contributed by atoms with Crippen LogP contribution >= 0.6 is 11.8 Å². The van der Waals surface area contributed by atoms with Gasteiger partial charge in [0.05, 0.1) is 10.3 Å². The van der Waals surface area contributed by atoms with Gasteiger partial charge in [0.15, 0.2) is 0 Å². The first kappa shape index (κ1) is 15.8. The maximum absolute atomic E-state index is 12.3. The molecule has 7 nitrogen and oxygen atoms in total. The van der Waals surface area contributed by atoms with Crippen LogP contribution in [0.2, 0.25) is 0 Å². The second kappa shape index (κ2) is 7.47. The van der Waals surface area contributed by atoms with Crippen molar-refractivity contribution >= 4 is 34.5 Å². The number of thioether (sulfide) groups is 1. The van der Waals surface area contributed by atoms with Gasteiger partial charge in [0.1, 0.15) is 17.8 Å². The molecule has 1 aliphatic heterocycles. The molecule has 0 aliphatic carbocycles. The lowest BCUT2D eigenvalue weighted by molar-refractivity contribution is -0.116. The third kappa shape index (κ3) is 3.65. The highest BCUT2D eigenvalue weighted by Gasteiger charge is 2.20. The summed E-state index contributed by atoms with van der Waals surface area (Å²) in [5.41, 5.74) is 6.26. The number of aromatic nitrogens is 3. The summed E-state index contributed by atoms with van der Waals surface area (Å²) in [7, 11) is 0. The Hall–Kier alpha value is -2.06.